The number of morpholine rings is 1. The Bertz CT molecular complexity index is 679. The molecule has 0 unspecified atom stereocenters. The molecule has 0 aromatic heterocycles. The van der Waals surface area contributed by atoms with Crippen LogP contribution in [0.2, 0.25) is 0 Å². The smallest absolute Gasteiger partial charge is 0.164 e. The lowest BCUT2D eigenvalue weighted by Gasteiger charge is -2.26. The number of ether oxygens (including phenoxy) is 2. The second-order valence-corrected chi connectivity index (χ2v) is 6.02. The van der Waals surface area contributed by atoms with E-state index >= 15 is 0 Å². The Morgan fingerprint density at radius 3 is 2.54 bits per heavy atom. The number of carbonyl (C=O) groups excluding carboxylic acids is 1. The minimum Gasteiger partial charge on any atom is -0.457 e. The Labute approximate surface area is 143 Å². The van der Waals surface area contributed by atoms with Gasteiger partial charge in [0.15, 0.2) is 5.78 Å². The van der Waals surface area contributed by atoms with E-state index in [-0.39, 0.29) is 5.78 Å². The minimum absolute atomic E-state index is 0.185. The van der Waals surface area contributed by atoms with E-state index in [9.17, 15) is 4.79 Å². The first-order chi connectivity index (χ1) is 11.7. The van der Waals surface area contributed by atoms with Crippen molar-refractivity contribution in [1.29, 1.82) is 0 Å². The van der Waals surface area contributed by atoms with Crippen LogP contribution in [0.1, 0.15) is 22.3 Å². The first kappa shape index (κ1) is 16.7. The molecule has 126 valence electrons. The van der Waals surface area contributed by atoms with E-state index in [1.54, 1.807) is 0 Å². The monoisotopic (exact) mass is 325 g/mol. The van der Waals surface area contributed by atoms with Gasteiger partial charge in [0.2, 0.25) is 0 Å². The normalized spacial score (nSPS) is 15.2. The predicted molar refractivity (Wildman–Crippen MR) is 93.9 cm³/mol. The van der Waals surface area contributed by atoms with Crippen molar-refractivity contribution in [3.05, 3.63) is 59.7 Å². The molecule has 24 heavy (non-hydrogen) atoms. The number of ketones is 1. The van der Waals surface area contributed by atoms with Crippen LogP contribution in [0.3, 0.4) is 0 Å². The number of aryl methyl sites for hydroxylation is 1. The molecule has 2 aromatic carbocycles. The van der Waals surface area contributed by atoms with Gasteiger partial charge in [0.25, 0.3) is 0 Å². The second-order valence-electron chi connectivity index (χ2n) is 6.02. The van der Waals surface area contributed by atoms with Crippen LogP contribution in [-0.4, -0.2) is 43.5 Å². The summed E-state index contributed by atoms with van der Waals surface area (Å²) >= 11 is 0. The number of hydrogen-bond acceptors (Lipinski definition) is 4. The molecule has 1 heterocycles. The van der Waals surface area contributed by atoms with Crippen LogP contribution in [0, 0.1) is 6.92 Å². The molecular weight excluding hydrogens is 302 g/mol. The van der Waals surface area contributed by atoms with Crippen molar-refractivity contribution in [3.8, 4) is 11.5 Å². The number of benzene rings is 2. The number of Topliss-reactive ketones (excluding diaryl/α,β-unsaturated/α-hetero) is 1. The average Bonchev–Trinajstić information content (AvgIpc) is 2.61. The van der Waals surface area contributed by atoms with Crippen molar-refractivity contribution >= 4 is 5.78 Å². The van der Waals surface area contributed by atoms with E-state index in [0.29, 0.717) is 6.42 Å². The molecule has 0 bridgehead atoms. The van der Waals surface area contributed by atoms with Crippen LogP contribution < -0.4 is 4.74 Å². The van der Waals surface area contributed by atoms with Gasteiger partial charge in [0, 0.05) is 31.6 Å². The summed E-state index contributed by atoms with van der Waals surface area (Å²) in [5.41, 5.74) is 1.74. The largest absolute Gasteiger partial charge is 0.457 e. The Kier molecular flexibility index (Phi) is 5.62. The molecule has 1 fully saturated rings. The second kappa shape index (κ2) is 8.08. The number of carbonyl (C=O) groups is 1. The first-order valence-electron chi connectivity index (χ1n) is 8.39. The van der Waals surface area contributed by atoms with E-state index in [1.807, 2.05) is 55.5 Å². The van der Waals surface area contributed by atoms with Gasteiger partial charge in [-0.2, -0.15) is 0 Å². The zero-order valence-electron chi connectivity index (χ0n) is 14.0. The molecule has 4 nitrogen and oxygen atoms in total. The topological polar surface area (TPSA) is 38.8 Å². The summed E-state index contributed by atoms with van der Waals surface area (Å²) in [5, 5.41) is 0. The minimum atomic E-state index is 0.185. The standard InChI is InChI=1S/C20H23NO3/c1-16-15-18(24-17-5-3-2-4-6-17)7-8-19(16)20(22)9-10-21-11-13-23-14-12-21/h2-8,15H,9-14H2,1H3. The van der Waals surface area contributed by atoms with Crippen LogP contribution in [0.4, 0.5) is 0 Å². The summed E-state index contributed by atoms with van der Waals surface area (Å²) < 4.78 is 11.1. The molecule has 2 aromatic rings. The third kappa shape index (κ3) is 4.43. The zero-order chi connectivity index (χ0) is 16.8. The van der Waals surface area contributed by atoms with Gasteiger partial charge in [-0.3, -0.25) is 9.69 Å². The molecule has 1 saturated heterocycles. The molecule has 0 saturated carbocycles. The highest BCUT2D eigenvalue weighted by atomic mass is 16.5. The van der Waals surface area contributed by atoms with Crippen molar-refractivity contribution in [2.75, 3.05) is 32.8 Å². The van der Waals surface area contributed by atoms with Gasteiger partial charge in [0.1, 0.15) is 11.5 Å². The maximum Gasteiger partial charge on any atom is 0.164 e. The molecule has 4 heteroatoms. The predicted octanol–water partition coefficient (Wildman–Crippen LogP) is 3.69. The summed E-state index contributed by atoms with van der Waals surface area (Å²) in [6.07, 6.45) is 0.541. The molecule has 1 aliphatic heterocycles. The van der Waals surface area contributed by atoms with Crippen molar-refractivity contribution in [2.45, 2.75) is 13.3 Å². The average molecular weight is 325 g/mol. The first-order valence-corrected chi connectivity index (χ1v) is 8.39. The Hall–Kier alpha value is -2.17. The van der Waals surface area contributed by atoms with Crippen molar-refractivity contribution in [3.63, 3.8) is 0 Å². The molecule has 0 aliphatic carbocycles. The van der Waals surface area contributed by atoms with Gasteiger partial charge < -0.3 is 9.47 Å². The summed E-state index contributed by atoms with van der Waals surface area (Å²) in [6, 6.07) is 15.3. The van der Waals surface area contributed by atoms with Crippen LogP contribution in [-0.2, 0) is 4.74 Å². The van der Waals surface area contributed by atoms with E-state index in [4.69, 9.17) is 9.47 Å². The molecular formula is C20H23NO3. The van der Waals surface area contributed by atoms with Gasteiger partial charge in [-0.05, 0) is 42.8 Å². The number of para-hydroxylation sites is 1. The Morgan fingerprint density at radius 2 is 1.83 bits per heavy atom. The summed E-state index contributed by atoms with van der Waals surface area (Å²) in [4.78, 5) is 14.8. The SMILES string of the molecule is Cc1cc(Oc2ccccc2)ccc1C(=O)CCN1CCOCC1. The van der Waals surface area contributed by atoms with E-state index in [0.717, 1.165) is 55.5 Å². The molecule has 3 rings (SSSR count). The van der Waals surface area contributed by atoms with Crippen LogP contribution in [0.5, 0.6) is 11.5 Å². The van der Waals surface area contributed by atoms with Crippen molar-refractivity contribution < 1.29 is 14.3 Å². The summed E-state index contributed by atoms with van der Waals surface area (Å²) in [7, 11) is 0. The van der Waals surface area contributed by atoms with Crippen LogP contribution in [0.25, 0.3) is 0 Å². The lowest BCUT2D eigenvalue weighted by atomic mass is 10.0. The van der Waals surface area contributed by atoms with Crippen LogP contribution in [0.15, 0.2) is 48.5 Å². The Balaban J connectivity index is 1.60. The third-order valence-corrected chi connectivity index (χ3v) is 4.24. The van der Waals surface area contributed by atoms with Gasteiger partial charge >= 0.3 is 0 Å². The number of hydrogen-bond donors (Lipinski definition) is 0. The van der Waals surface area contributed by atoms with Gasteiger partial charge in [-0.1, -0.05) is 18.2 Å². The van der Waals surface area contributed by atoms with E-state index in [1.165, 1.54) is 0 Å². The van der Waals surface area contributed by atoms with Gasteiger partial charge in [0.05, 0.1) is 13.2 Å². The maximum absolute atomic E-state index is 12.5. The quantitative estimate of drug-likeness (QED) is 0.759. The summed E-state index contributed by atoms with van der Waals surface area (Å²) in [6.45, 7) is 6.10. The van der Waals surface area contributed by atoms with Gasteiger partial charge in [-0.25, -0.2) is 0 Å². The fourth-order valence-electron chi connectivity index (χ4n) is 2.86. The maximum atomic E-state index is 12.5. The number of rotatable bonds is 6. The summed E-state index contributed by atoms with van der Waals surface area (Å²) in [5.74, 6) is 1.73. The van der Waals surface area contributed by atoms with E-state index < -0.39 is 0 Å². The van der Waals surface area contributed by atoms with Crippen molar-refractivity contribution in [1.82, 2.24) is 4.90 Å². The zero-order valence-corrected chi connectivity index (χ0v) is 14.0. The Morgan fingerprint density at radius 1 is 1.08 bits per heavy atom. The highest BCUT2D eigenvalue weighted by Crippen LogP contribution is 2.24. The van der Waals surface area contributed by atoms with Crippen LogP contribution >= 0.6 is 0 Å². The molecule has 1 aliphatic rings. The lowest BCUT2D eigenvalue weighted by Crippen LogP contribution is -2.37. The van der Waals surface area contributed by atoms with Gasteiger partial charge in [-0.15, -0.1) is 0 Å². The third-order valence-electron chi connectivity index (χ3n) is 4.24. The highest BCUT2D eigenvalue weighted by molar-refractivity contribution is 5.97. The van der Waals surface area contributed by atoms with E-state index in [2.05, 4.69) is 4.90 Å². The molecule has 0 radical (unpaired) electrons. The fraction of sp³-hybridized carbons (Fsp3) is 0.350. The number of nitrogens with zero attached hydrogens (tertiary/aromatic N) is 1. The fourth-order valence-corrected chi connectivity index (χ4v) is 2.86. The molecule has 0 spiro atoms. The lowest BCUT2D eigenvalue weighted by molar-refractivity contribution is 0.0370. The highest BCUT2D eigenvalue weighted by Gasteiger charge is 2.14. The molecule has 0 atom stereocenters. The van der Waals surface area contributed by atoms with Crippen molar-refractivity contribution in [2.24, 2.45) is 0 Å². The molecule has 0 amide bonds. The molecule has 0 N–H and O–H groups in total.